The van der Waals surface area contributed by atoms with E-state index < -0.39 is 0 Å². The van der Waals surface area contributed by atoms with Crippen molar-refractivity contribution in [1.29, 1.82) is 0 Å². The van der Waals surface area contributed by atoms with E-state index in [1.165, 1.54) is 218 Å². The van der Waals surface area contributed by atoms with E-state index in [0.29, 0.717) is 17.5 Å². The van der Waals surface area contributed by atoms with Crippen LogP contribution in [-0.4, -0.2) is 56.3 Å². The summed E-state index contributed by atoms with van der Waals surface area (Å²) in [6, 6.07) is -0.356. The van der Waals surface area contributed by atoms with Gasteiger partial charge in [-0.1, -0.05) is 245 Å². The zero-order valence-corrected chi connectivity index (χ0v) is 41.8. The lowest BCUT2D eigenvalue weighted by Gasteiger charge is -2.32. The van der Waals surface area contributed by atoms with Crippen molar-refractivity contribution >= 4 is 11.9 Å². The molecule has 0 fully saturated rings. The number of likely N-dealkylation sites (N-methyl/N-ethyl adjacent to an activating group) is 1. The maximum Gasteiger partial charge on any atom is 0.364 e. The van der Waals surface area contributed by atoms with E-state index in [9.17, 15) is 9.59 Å². The smallest absolute Gasteiger partial charge is 0.364 e. The van der Waals surface area contributed by atoms with E-state index in [-0.39, 0.29) is 42.9 Å². The number of carbonyl (C=O) groups is 2. The maximum absolute atomic E-state index is 13.3. The van der Waals surface area contributed by atoms with E-state index in [0.717, 1.165) is 38.5 Å². The zero-order chi connectivity index (χ0) is 42.6. The van der Waals surface area contributed by atoms with Gasteiger partial charge in [-0.3, -0.25) is 4.79 Å². The van der Waals surface area contributed by atoms with Crippen molar-refractivity contribution in [2.24, 2.45) is 0 Å². The minimum atomic E-state index is -0.356. The first-order chi connectivity index (χ1) is 28.3. The van der Waals surface area contributed by atoms with Crippen LogP contribution in [-0.2, 0) is 19.1 Å². The van der Waals surface area contributed by atoms with Gasteiger partial charge in [0.1, 0.15) is 6.10 Å². The van der Waals surface area contributed by atoms with Crippen molar-refractivity contribution in [3.05, 3.63) is 0 Å². The number of halogens is 1. The highest BCUT2D eigenvalue weighted by molar-refractivity contribution is 5.76. The number of ether oxygens (including phenoxy) is 2. The van der Waals surface area contributed by atoms with Gasteiger partial charge in [0, 0.05) is 6.42 Å². The van der Waals surface area contributed by atoms with Gasteiger partial charge >= 0.3 is 11.9 Å². The molecular formula is C53H106ClNO4. The first-order valence-corrected chi connectivity index (χ1v) is 26.4. The highest BCUT2D eigenvalue weighted by Gasteiger charge is 2.34. The predicted molar refractivity (Wildman–Crippen MR) is 254 cm³/mol. The third kappa shape index (κ3) is 43.6. The Kier molecular flexibility index (Phi) is 47.7. The van der Waals surface area contributed by atoms with E-state index in [2.05, 4.69) is 20.8 Å². The molecule has 0 aliphatic rings. The summed E-state index contributed by atoms with van der Waals surface area (Å²) in [6.45, 7) is 7.34. The normalized spacial score (nSPS) is 12.2. The fourth-order valence-electron chi connectivity index (χ4n) is 8.57. The second-order valence-electron chi connectivity index (χ2n) is 19.4. The Labute approximate surface area is 376 Å². The van der Waals surface area contributed by atoms with E-state index in [1.54, 1.807) is 0 Å². The van der Waals surface area contributed by atoms with Gasteiger partial charge < -0.3 is 26.4 Å². The first-order valence-electron chi connectivity index (χ1n) is 26.4. The van der Waals surface area contributed by atoms with Crippen molar-refractivity contribution < 1.29 is 36.0 Å². The maximum atomic E-state index is 13.3. The van der Waals surface area contributed by atoms with Gasteiger partial charge in [-0.05, 0) is 32.1 Å². The largest absolute Gasteiger partial charge is 1.00 e. The molecule has 0 aromatic heterocycles. The minimum absolute atomic E-state index is 0. The molecule has 0 aliphatic carbocycles. The third-order valence-corrected chi connectivity index (χ3v) is 12.6. The van der Waals surface area contributed by atoms with Crippen LogP contribution in [0.1, 0.15) is 290 Å². The summed E-state index contributed by atoms with van der Waals surface area (Å²) in [5.41, 5.74) is 0. The molecule has 0 spiro atoms. The average Bonchev–Trinajstić information content (AvgIpc) is 3.19. The standard InChI is InChI=1S/C53H106NO4.ClH/c1-7-10-13-16-19-22-25-28-29-32-35-38-41-44-49-57-53(56)51(54(4,5)6)47-48-52(55)58-50(45-42-39-36-33-30-26-23-20-17-14-11-8-2)46-43-40-37-34-31-27-24-21-18-15-12-9-3;/h50-51H,7-49H2,1-6H3;1H/q+1;/p-1/t51-;/m0./s1. The van der Waals surface area contributed by atoms with Crippen molar-refractivity contribution in [3.8, 4) is 0 Å². The zero-order valence-electron chi connectivity index (χ0n) is 41.0. The first kappa shape index (κ1) is 60.3. The van der Waals surface area contributed by atoms with Crippen molar-refractivity contribution in [2.75, 3.05) is 27.7 Å². The summed E-state index contributed by atoms with van der Waals surface area (Å²) >= 11 is 0. The number of esters is 2. The molecule has 354 valence electrons. The molecule has 0 N–H and O–H groups in total. The van der Waals surface area contributed by atoms with Crippen LogP contribution in [0, 0.1) is 0 Å². The lowest BCUT2D eigenvalue weighted by Crippen LogP contribution is -3.00. The van der Waals surface area contributed by atoms with Crippen molar-refractivity contribution in [2.45, 2.75) is 303 Å². The number of carbonyl (C=O) groups excluding carboxylic acids is 2. The van der Waals surface area contributed by atoms with Gasteiger partial charge in [-0.25, -0.2) is 4.79 Å². The van der Waals surface area contributed by atoms with E-state index >= 15 is 0 Å². The van der Waals surface area contributed by atoms with Crippen LogP contribution in [0.25, 0.3) is 0 Å². The Morgan fingerprint density at radius 1 is 0.390 bits per heavy atom. The van der Waals surface area contributed by atoms with Gasteiger partial charge in [0.05, 0.1) is 34.2 Å². The van der Waals surface area contributed by atoms with Crippen LogP contribution in [0.3, 0.4) is 0 Å². The minimum Gasteiger partial charge on any atom is -1.00 e. The molecule has 0 saturated carbocycles. The molecule has 0 amide bonds. The van der Waals surface area contributed by atoms with Gasteiger partial charge in [-0.2, -0.15) is 0 Å². The summed E-state index contributed by atoms with van der Waals surface area (Å²) in [5, 5.41) is 0. The Morgan fingerprint density at radius 3 is 0.949 bits per heavy atom. The Bertz CT molecular complexity index is 833. The molecule has 59 heavy (non-hydrogen) atoms. The van der Waals surface area contributed by atoms with Crippen LogP contribution in [0.15, 0.2) is 0 Å². The molecule has 0 aromatic carbocycles. The fourth-order valence-corrected chi connectivity index (χ4v) is 8.57. The van der Waals surface area contributed by atoms with Gasteiger partial charge in [0.25, 0.3) is 0 Å². The topological polar surface area (TPSA) is 52.6 Å². The number of nitrogens with zero attached hydrogens (tertiary/aromatic N) is 1. The van der Waals surface area contributed by atoms with Crippen LogP contribution in [0.5, 0.6) is 0 Å². The molecule has 1 atom stereocenters. The monoisotopic (exact) mass is 856 g/mol. The molecule has 0 aromatic rings. The van der Waals surface area contributed by atoms with Gasteiger partial charge in [0.2, 0.25) is 0 Å². The molecule has 0 aliphatic heterocycles. The second-order valence-corrected chi connectivity index (χ2v) is 19.4. The average molecular weight is 857 g/mol. The lowest BCUT2D eigenvalue weighted by atomic mass is 10.0. The molecule has 0 unspecified atom stereocenters. The van der Waals surface area contributed by atoms with E-state index in [4.69, 9.17) is 9.47 Å². The van der Waals surface area contributed by atoms with Crippen LogP contribution >= 0.6 is 0 Å². The van der Waals surface area contributed by atoms with Crippen molar-refractivity contribution in [3.63, 3.8) is 0 Å². The number of hydrogen-bond donors (Lipinski definition) is 0. The summed E-state index contributed by atoms with van der Waals surface area (Å²) in [6.07, 6.45) is 53.2. The highest BCUT2D eigenvalue weighted by Crippen LogP contribution is 2.21. The Morgan fingerprint density at radius 2 is 0.661 bits per heavy atom. The Hall–Kier alpha value is -0.810. The molecule has 6 heteroatoms. The van der Waals surface area contributed by atoms with Crippen LogP contribution in [0.2, 0.25) is 0 Å². The van der Waals surface area contributed by atoms with Gasteiger partial charge in [-0.15, -0.1) is 0 Å². The molecule has 0 saturated heterocycles. The molecular weight excluding hydrogens is 750 g/mol. The quantitative estimate of drug-likeness (QED) is 0.0348. The SMILES string of the molecule is CCCCCCCCCCCCCCCCOC(=O)[C@H](CCC(=O)OC(CCCCCCCCCCCCCC)CCCCCCCCCCCCCC)[N+](C)(C)C.[Cl-]. The van der Waals surface area contributed by atoms with Crippen molar-refractivity contribution in [1.82, 2.24) is 0 Å². The molecule has 0 rings (SSSR count). The summed E-state index contributed by atoms with van der Waals surface area (Å²) in [7, 11) is 6.11. The molecule has 5 nitrogen and oxygen atoms in total. The summed E-state index contributed by atoms with van der Waals surface area (Å²) in [5.74, 6) is -0.305. The summed E-state index contributed by atoms with van der Waals surface area (Å²) < 4.78 is 12.4. The molecule has 0 heterocycles. The lowest BCUT2D eigenvalue weighted by molar-refractivity contribution is -0.887. The molecule has 0 radical (unpaired) electrons. The highest BCUT2D eigenvalue weighted by atomic mass is 35.5. The van der Waals surface area contributed by atoms with Crippen LogP contribution in [0.4, 0.5) is 0 Å². The fraction of sp³-hybridized carbons (Fsp3) is 0.962. The molecule has 0 bridgehead atoms. The summed E-state index contributed by atoms with van der Waals surface area (Å²) in [4.78, 5) is 26.5. The number of quaternary nitrogens is 1. The number of unbranched alkanes of at least 4 members (excludes halogenated alkanes) is 35. The Balaban J connectivity index is 0. The predicted octanol–water partition coefficient (Wildman–Crippen LogP) is 14.0. The van der Waals surface area contributed by atoms with Crippen LogP contribution < -0.4 is 12.4 Å². The second kappa shape index (κ2) is 46.7. The van der Waals surface area contributed by atoms with Gasteiger partial charge in [0.15, 0.2) is 6.04 Å². The third-order valence-electron chi connectivity index (χ3n) is 12.6. The number of rotatable bonds is 47. The van der Waals surface area contributed by atoms with E-state index in [1.807, 2.05) is 21.1 Å². The number of hydrogen-bond acceptors (Lipinski definition) is 4.